The Morgan fingerprint density at radius 2 is 1.94 bits per heavy atom. The number of carbonyl (C=O) groups excluding carboxylic acids is 1. The van der Waals surface area contributed by atoms with E-state index in [4.69, 9.17) is 14.4 Å². The van der Waals surface area contributed by atoms with Gasteiger partial charge in [0.05, 0.1) is 41.1 Å². The summed E-state index contributed by atoms with van der Waals surface area (Å²) in [5, 5.41) is 10.3. The van der Waals surface area contributed by atoms with Crippen molar-refractivity contribution in [3.8, 4) is 34.0 Å². The van der Waals surface area contributed by atoms with Crippen LogP contribution in [-0.2, 0) is 4.79 Å². The van der Waals surface area contributed by atoms with E-state index in [0.717, 1.165) is 33.4 Å². The summed E-state index contributed by atoms with van der Waals surface area (Å²) in [7, 11) is 0. The molecule has 3 N–H and O–H groups in total. The van der Waals surface area contributed by atoms with Gasteiger partial charge in [0.1, 0.15) is 16.7 Å². The van der Waals surface area contributed by atoms with Crippen molar-refractivity contribution in [3.05, 3.63) is 61.4 Å². The number of hydrogen-bond acceptors (Lipinski definition) is 7. The predicted octanol–water partition coefficient (Wildman–Crippen LogP) is 4.57. The Labute approximate surface area is 192 Å². The standard InChI is InChI=1S/C24H18N8O2/c1-2-19(33)27-15-9-14(10-25-11-15)16-3-4-18-22(28-16)23(32-31-18)24-29-17-5-7-26-20(21(17)30-24)13-6-8-34-12-13/h3-12H,2H2,1H3,(H,27,33)(H,29,30)(H,31,32). The SMILES string of the molecule is CCC(=O)Nc1cncc(-c2ccc3[nH]nc(-c4nc5c(-c6ccoc6)nccc5[nH]4)c3n2)c1. The molecule has 0 fully saturated rings. The van der Waals surface area contributed by atoms with Gasteiger partial charge in [0.2, 0.25) is 5.91 Å². The molecule has 6 rings (SSSR count). The summed E-state index contributed by atoms with van der Waals surface area (Å²) in [6, 6.07) is 9.35. The van der Waals surface area contributed by atoms with Crippen LogP contribution < -0.4 is 5.32 Å². The fourth-order valence-electron chi connectivity index (χ4n) is 3.78. The lowest BCUT2D eigenvalue weighted by Gasteiger charge is -2.06. The molecule has 0 radical (unpaired) electrons. The highest BCUT2D eigenvalue weighted by Crippen LogP contribution is 2.31. The third kappa shape index (κ3) is 3.37. The van der Waals surface area contributed by atoms with Gasteiger partial charge in [-0.05, 0) is 30.3 Å². The molecule has 0 unspecified atom stereocenters. The molecule has 0 saturated heterocycles. The normalized spacial score (nSPS) is 11.3. The molecule has 6 heterocycles. The lowest BCUT2D eigenvalue weighted by molar-refractivity contribution is -0.115. The fourth-order valence-corrected chi connectivity index (χ4v) is 3.78. The predicted molar refractivity (Wildman–Crippen MR) is 127 cm³/mol. The third-order valence-corrected chi connectivity index (χ3v) is 5.47. The van der Waals surface area contributed by atoms with Crippen LogP contribution in [0.1, 0.15) is 13.3 Å². The molecule has 10 heteroatoms. The molecule has 0 aliphatic heterocycles. The van der Waals surface area contributed by atoms with Crippen LogP contribution in [0.4, 0.5) is 5.69 Å². The van der Waals surface area contributed by atoms with E-state index >= 15 is 0 Å². The van der Waals surface area contributed by atoms with Gasteiger partial charge in [0, 0.05) is 29.9 Å². The molecule has 166 valence electrons. The van der Waals surface area contributed by atoms with Crippen molar-refractivity contribution in [1.29, 1.82) is 0 Å². The van der Waals surface area contributed by atoms with Crippen molar-refractivity contribution in [2.75, 3.05) is 5.32 Å². The van der Waals surface area contributed by atoms with E-state index in [2.05, 4.69) is 30.5 Å². The lowest BCUT2D eigenvalue weighted by atomic mass is 10.1. The fraction of sp³-hybridized carbons (Fsp3) is 0.0833. The highest BCUT2D eigenvalue weighted by molar-refractivity contribution is 5.95. The average molecular weight is 450 g/mol. The maximum Gasteiger partial charge on any atom is 0.224 e. The molecule has 10 nitrogen and oxygen atoms in total. The van der Waals surface area contributed by atoms with Gasteiger partial charge in [-0.15, -0.1) is 0 Å². The molecule has 0 aliphatic rings. The van der Waals surface area contributed by atoms with Gasteiger partial charge in [-0.2, -0.15) is 5.10 Å². The van der Waals surface area contributed by atoms with Gasteiger partial charge in [-0.3, -0.25) is 19.9 Å². The summed E-state index contributed by atoms with van der Waals surface area (Å²) in [5.74, 6) is 0.499. The van der Waals surface area contributed by atoms with E-state index < -0.39 is 0 Å². The molecule has 34 heavy (non-hydrogen) atoms. The highest BCUT2D eigenvalue weighted by Gasteiger charge is 2.18. The number of pyridine rings is 3. The Morgan fingerprint density at radius 1 is 1.03 bits per heavy atom. The Hall–Kier alpha value is -4.86. The quantitative estimate of drug-likeness (QED) is 0.350. The zero-order chi connectivity index (χ0) is 23.1. The number of nitrogens with one attached hydrogen (secondary N) is 3. The second-order valence-corrected chi connectivity index (χ2v) is 7.68. The Kier molecular flexibility index (Phi) is 4.61. The molecule has 6 aromatic rings. The van der Waals surface area contributed by atoms with Crippen LogP contribution in [0.25, 0.3) is 56.1 Å². The molecular weight excluding hydrogens is 432 g/mol. The summed E-state index contributed by atoms with van der Waals surface area (Å²) >= 11 is 0. The van der Waals surface area contributed by atoms with E-state index in [9.17, 15) is 4.79 Å². The molecule has 0 atom stereocenters. The molecule has 1 amide bonds. The maximum atomic E-state index is 11.8. The van der Waals surface area contributed by atoms with Crippen LogP contribution in [0.3, 0.4) is 0 Å². The first-order valence-corrected chi connectivity index (χ1v) is 10.7. The van der Waals surface area contributed by atoms with Crippen molar-refractivity contribution in [3.63, 3.8) is 0 Å². The minimum Gasteiger partial charge on any atom is -0.472 e. The lowest BCUT2D eigenvalue weighted by Crippen LogP contribution is -2.09. The zero-order valence-corrected chi connectivity index (χ0v) is 18.0. The summed E-state index contributed by atoms with van der Waals surface area (Å²) in [6.07, 6.45) is 8.68. The van der Waals surface area contributed by atoms with Crippen LogP contribution in [0.5, 0.6) is 0 Å². The first kappa shape index (κ1) is 19.8. The van der Waals surface area contributed by atoms with Crippen LogP contribution in [0.2, 0.25) is 0 Å². The summed E-state index contributed by atoms with van der Waals surface area (Å²) in [6.45, 7) is 1.80. The minimum absolute atomic E-state index is 0.0753. The second-order valence-electron chi connectivity index (χ2n) is 7.68. The number of hydrogen-bond donors (Lipinski definition) is 3. The van der Waals surface area contributed by atoms with Gasteiger partial charge < -0.3 is 14.7 Å². The van der Waals surface area contributed by atoms with Crippen molar-refractivity contribution < 1.29 is 9.21 Å². The highest BCUT2D eigenvalue weighted by atomic mass is 16.3. The number of rotatable bonds is 5. The summed E-state index contributed by atoms with van der Waals surface area (Å²) in [4.78, 5) is 33.4. The monoisotopic (exact) mass is 450 g/mol. The van der Waals surface area contributed by atoms with Gasteiger partial charge in [0.25, 0.3) is 0 Å². The molecule has 0 bridgehead atoms. The first-order chi connectivity index (χ1) is 16.7. The summed E-state index contributed by atoms with van der Waals surface area (Å²) < 4.78 is 5.21. The molecule has 0 aromatic carbocycles. The van der Waals surface area contributed by atoms with Crippen LogP contribution in [0.15, 0.2) is 65.9 Å². The van der Waals surface area contributed by atoms with Gasteiger partial charge in [0.15, 0.2) is 11.5 Å². The number of anilines is 1. The van der Waals surface area contributed by atoms with Crippen LogP contribution >= 0.6 is 0 Å². The van der Waals surface area contributed by atoms with Crippen molar-refractivity contribution >= 4 is 33.7 Å². The van der Waals surface area contributed by atoms with E-state index in [1.807, 2.05) is 30.3 Å². The number of H-pyrrole nitrogens is 2. The number of aromatic nitrogens is 7. The van der Waals surface area contributed by atoms with Gasteiger partial charge >= 0.3 is 0 Å². The van der Waals surface area contributed by atoms with E-state index in [0.29, 0.717) is 34.8 Å². The Bertz CT molecular complexity index is 1650. The van der Waals surface area contributed by atoms with E-state index in [-0.39, 0.29) is 5.91 Å². The number of amides is 1. The third-order valence-electron chi connectivity index (χ3n) is 5.47. The van der Waals surface area contributed by atoms with Crippen molar-refractivity contribution in [1.82, 2.24) is 35.1 Å². The number of nitrogens with zero attached hydrogens (tertiary/aromatic N) is 5. The topological polar surface area (TPSA) is 138 Å². The van der Waals surface area contributed by atoms with E-state index in [1.54, 1.807) is 38.0 Å². The largest absolute Gasteiger partial charge is 0.472 e. The Balaban J connectivity index is 1.43. The van der Waals surface area contributed by atoms with Crippen molar-refractivity contribution in [2.24, 2.45) is 0 Å². The molecule has 6 aromatic heterocycles. The van der Waals surface area contributed by atoms with E-state index in [1.165, 1.54) is 0 Å². The minimum atomic E-state index is -0.0753. The van der Waals surface area contributed by atoms with Crippen LogP contribution in [0, 0.1) is 0 Å². The molecule has 0 saturated carbocycles. The Morgan fingerprint density at radius 3 is 2.79 bits per heavy atom. The van der Waals surface area contributed by atoms with Crippen LogP contribution in [-0.4, -0.2) is 41.0 Å². The number of carbonyl (C=O) groups is 1. The van der Waals surface area contributed by atoms with Crippen molar-refractivity contribution in [2.45, 2.75) is 13.3 Å². The number of aromatic amines is 2. The van der Waals surface area contributed by atoms with Gasteiger partial charge in [-0.25, -0.2) is 9.97 Å². The molecular formula is C24H18N8O2. The zero-order valence-electron chi connectivity index (χ0n) is 18.0. The molecule has 0 aliphatic carbocycles. The number of furan rings is 1. The average Bonchev–Trinajstić information content (AvgIpc) is 3.62. The number of fused-ring (bicyclic) bond motifs is 2. The number of imidazole rings is 1. The summed E-state index contributed by atoms with van der Waals surface area (Å²) in [5.41, 5.74) is 7.24. The maximum absolute atomic E-state index is 11.8. The first-order valence-electron chi connectivity index (χ1n) is 10.7. The second kappa shape index (κ2) is 7.93. The smallest absolute Gasteiger partial charge is 0.224 e. The molecule has 0 spiro atoms. The van der Waals surface area contributed by atoms with Gasteiger partial charge in [-0.1, -0.05) is 6.92 Å².